The number of hydrogen-bond donors (Lipinski definition) is 0. The Labute approximate surface area is 201 Å². The first-order valence-corrected chi connectivity index (χ1v) is 11.6. The Balaban J connectivity index is 1.46. The molecule has 9 heteroatoms. The van der Waals surface area contributed by atoms with Gasteiger partial charge in [-0.3, -0.25) is 4.57 Å². The first-order valence-electron chi connectivity index (χ1n) is 11.2. The monoisotopic (exact) mass is 474 g/mol. The molecule has 2 aromatic heterocycles. The average Bonchev–Trinajstić information content (AvgIpc) is 3.56. The normalized spacial score (nSPS) is 16.5. The highest BCUT2D eigenvalue weighted by Gasteiger charge is 2.31. The summed E-state index contributed by atoms with van der Waals surface area (Å²) >= 11 is 6.37. The molecule has 1 atom stereocenters. The van der Waals surface area contributed by atoms with Gasteiger partial charge in [0, 0.05) is 10.6 Å². The second kappa shape index (κ2) is 8.38. The maximum atomic E-state index is 6.37. The molecule has 4 heterocycles. The molecule has 2 aliphatic heterocycles. The molecule has 0 radical (unpaired) electrons. The number of fused-ring (bicyclic) bond motifs is 5. The zero-order valence-electron chi connectivity index (χ0n) is 18.8. The largest absolute Gasteiger partial charge is 0.474 e. The van der Waals surface area contributed by atoms with Gasteiger partial charge in [-0.15, -0.1) is 10.2 Å². The van der Waals surface area contributed by atoms with Gasteiger partial charge in [0.2, 0.25) is 5.90 Å². The van der Waals surface area contributed by atoms with Crippen molar-refractivity contribution in [3.63, 3.8) is 0 Å². The molecule has 1 unspecified atom stereocenters. The van der Waals surface area contributed by atoms with E-state index in [1.165, 1.54) is 0 Å². The van der Waals surface area contributed by atoms with E-state index in [0.717, 1.165) is 39.9 Å². The van der Waals surface area contributed by atoms with E-state index in [0.29, 0.717) is 30.7 Å². The van der Waals surface area contributed by atoms with E-state index >= 15 is 0 Å². The summed E-state index contributed by atoms with van der Waals surface area (Å²) in [5, 5.41) is 9.56. The zero-order valence-corrected chi connectivity index (χ0v) is 19.6. The van der Waals surface area contributed by atoms with Gasteiger partial charge in [0.15, 0.2) is 11.6 Å². The number of benzene rings is 2. The molecule has 0 amide bonds. The zero-order chi connectivity index (χ0) is 23.2. The number of imidazole rings is 1. The van der Waals surface area contributed by atoms with Crippen LogP contribution in [0.1, 0.15) is 42.7 Å². The summed E-state index contributed by atoms with van der Waals surface area (Å²) in [7, 11) is 0. The lowest BCUT2D eigenvalue weighted by molar-refractivity contribution is 0.0595. The second-order valence-electron chi connectivity index (χ2n) is 8.63. The molecular formula is C25H23ClN6O2. The summed E-state index contributed by atoms with van der Waals surface area (Å²) in [5.41, 5.74) is 4.60. The molecule has 34 heavy (non-hydrogen) atoms. The molecule has 6 rings (SSSR count). The maximum Gasteiger partial charge on any atom is 0.238 e. The van der Waals surface area contributed by atoms with E-state index in [1.807, 2.05) is 56.6 Å². The lowest BCUT2D eigenvalue weighted by Crippen LogP contribution is -2.14. The molecule has 0 saturated heterocycles. The third-order valence-electron chi connectivity index (χ3n) is 6.04. The topological polar surface area (TPSA) is 79.3 Å². The molecule has 172 valence electrons. The van der Waals surface area contributed by atoms with E-state index in [1.54, 1.807) is 0 Å². The van der Waals surface area contributed by atoms with Crippen molar-refractivity contribution in [3.05, 3.63) is 82.7 Å². The molecule has 2 aliphatic rings. The molecule has 4 aromatic rings. The van der Waals surface area contributed by atoms with Crippen LogP contribution >= 0.6 is 11.6 Å². The quantitative estimate of drug-likeness (QED) is 0.372. The van der Waals surface area contributed by atoms with Gasteiger partial charge in [-0.2, -0.15) is 0 Å². The number of aliphatic imine (C=N–C) groups is 1. The fraction of sp³-hybridized carbons (Fsp3) is 0.280. The lowest BCUT2D eigenvalue weighted by atomic mass is 10.1. The van der Waals surface area contributed by atoms with Crippen molar-refractivity contribution in [2.24, 2.45) is 4.99 Å². The molecule has 0 bridgehead atoms. The van der Waals surface area contributed by atoms with Gasteiger partial charge < -0.3 is 14.0 Å². The Bertz CT molecular complexity index is 1390. The van der Waals surface area contributed by atoms with Gasteiger partial charge in [-0.05, 0) is 37.6 Å². The summed E-state index contributed by atoms with van der Waals surface area (Å²) in [6.07, 6.45) is 1.89. The van der Waals surface area contributed by atoms with Crippen molar-refractivity contribution in [1.82, 2.24) is 24.3 Å². The SMILES string of the molecule is CC(C)OCc1nnc2n1Cc1c(C3=NC(c4ccccc4)CO3)ncn1-c1ccc(Cl)cc1-2. The Hall–Kier alpha value is -3.49. The van der Waals surface area contributed by atoms with Crippen LogP contribution in [-0.2, 0) is 22.6 Å². The predicted octanol–water partition coefficient (Wildman–Crippen LogP) is 4.59. The van der Waals surface area contributed by atoms with E-state index in [2.05, 4.69) is 31.5 Å². The van der Waals surface area contributed by atoms with Crippen LogP contribution in [0.15, 0.2) is 59.9 Å². The van der Waals surface area contributed by atoms with Gasteiger partial charge in [-0.25, -0.2) is 9.98 Å². The molecule has 0 fully saturated rings. The van der Waals surface area contributed by atoms with Crippen LogP contribution in [0, 0.1) is 0 Å². The Kier molecular flexibility index (Phi) is 5.19. The minimum absolute atomic E-state index is 0.0501. The Morgan fingerprint density at radius 2 is 2.00 bits per heavy atom. The summed E-state index contributed by atoms with van der Waals surface area (Å²) in [5.74, 6) is 2.03. The predicted molar refractivity (Wildman–Crippen MR) is 128 cm³/mol. The van der Waals surface area contributed by atoms with Gasteiger partial charge in [-0.1, -0.05) is 41.9 Å². The summed E-state index contributed by atoms with van der Waals surface area (Å²) < 4.78 is 16.0. The van der Waals surface area contributed by atoms with Crippen molar-refractivity contribution in [1.29, 1.82) is 0 Å². The van der Waals surface area contributed by atoms with E-state index < -0.39 is 0 Å². The van der Waals surface area contributed by atoms with Crippen LogP contribution in [0.4, 0.5) is 0 Å². The Morgan fingerprint density at radius 1 is 1.15 bits per heavy atom. The van der Waals surface area contributed by atoms with Crippen molar-refractivity contribution >= 4 is 17.5 Å². The summed E-state index contributed by atoms with van der Waals surface area (Å²) in [6.45, 7) is 5.35. The number of hydrogen-bond acceptors (Lipinski definition) is 6. The van der Waals surface area contributed by atoms with Crippen LogP contribution in [0.3, 0.4) is 0 Å². The van der Waals surface area contributed by atoms with Gasteiger partial charge in [0.1, 0.15) is 31.3 Å². The highest BCUT2D eigenvalue weighted by atomic mass is 35.5. The number of halogens is 1. The summed E-state index contributed by atoms with van der Waals surface area (Å²) in [4.78, 5) is 9.59. The molecular weight excluding hydrogens is 452 g/mol. The third-order valence-corrected chi connectivity index (χ3v) is 6.28. The standard InChI is InChI=1S/C25H23ClN6O2/c1-15(2)33-13-22-29-30-24-18-10-17(26)8-9-20(18)32-14-27-23(21(32)11-31(22)24)25-28-19(12-34-25)16-6-4-3-5-7-16/h3-10,14-15,19H,11-13H2,1-2H3. The fourth-order valence-electron chi connectivity index (χ4n) is 4.36. The van der Waals surface area contributed by atoms with Crippen molar-refractivity contribution in [2.75, 3.05) is 6.61 Å². The lowest BCUT2D eigenvalue weighted by Gasteiger charge is -2.11. The number of nitrogens with zero attached hydrogens (tertiary/aromatic N) is 6. The van der Waals surface area contributed by atoms with Gasteiger partial charge >= 0.3 is 0 Å². The van der Waals surface area contributed by atoms with Gasteiger partial charge in [0.25, 0.3) is 0 Å². The van der Waals surface area contributed by atoms with E-state index in [4.69, 9.17) is 31.1 Å². The average molecular weight is 475 g/mol. The number of ether oxygens (including phenoxy) is 2. The Morgan fingerprint density at radius 3 is 2.82 bits per heavy atom. The van der Waals surface area contributed by atoms with Crippen LogP contribution in [0.2, 0.25) is 5.02 Å². The van der Waals surface area contributed by atoms with Crippen molar-refractivity contribution in [3.8, 4) is 17.1 Å². The van der Waals surface area contributed by atoms with Crippen LogP contribution in [0.5, 0.6) is 0 Å². The van der Waals surface area contributed by atoms with Crippen molar-refractivity contribution < 1.29 is 9.47 Å². The second-order valence-corrected chi connectivity index (χ2v) is 9.07. The minimum atomic E-state index is -0.0501. The van der Waals surface area contributed by atoms with Crippen molar-refractivity contribution in [2.45, 2.75) is 39.1 Å². The third kappa shape index (κ3) is 3.59. The first-order chi connectivity index (χ1) is 16.6. The molecule has 0 spiro atoms. The maximum absolute atomic E-state index is 6.37. The highest BCUT2D eigenvalue weighted by molar-refractivity contribution is 6.31. The smallest absolute Gasteiger partial charge is 0.238 e. The number of rotatable bonds is 5. The molecule has 0 saturated carbocycles. The molecule has 0 N–H and O–H groups in total. The summed E-state index contributed by atoms with van der Waals surface area (Å²) in [6, 6.07) is 15.9. The molecule has 2 aromatic carbocycles. The fourth-order valence-corrected chi connectivity index (χ4v) is 4.53. The van der Waals surface area contributed by atoms with Crippen LogP contribution in [0.25, 0.3) is 17.1 Å². The van der Waals surface area contributed by atoms with Crippen LogP contribution < -0.4 is 0 Å². The number of aromatic nitrogens is 5. The van der Waals surface area contributed by atoms with E-state index in [9.17, 15) is 0 Å². The molecule has 8 nitrogen and oxygen atoms in total. The van der Waals surface area contributed by atoms with Crippen LogP contribution in [-0.4, -0.2) is 42.9 Å². The molecule has 0 aliphatic carbocycles. The first kappa shape index (κ1) is 21.1. The minimum Gasteiger partial charge on any atom is -0.474 e. The van der Waals surface area contributed by atoms with Gasteiger partial charge in [0.05, 0.1) is 24.0 Å². The highest BCUT2D eigenvalue weighted by Crippen LogP contribution is 2.35. The van der Waals surface area contributed by atoms with E-state index in [-0.39, 0.29) is 12.1 Å².